The largest absolute Gasteiger partial charge is 0.497 e. The second-order valence-electron chi connectivity index (χ2n) is 4.97. The highest BCUT2D eigenvalue weighted by Crippen LogP contribution is 2.39. The van der Waals surface area contributed by atoms with Crippen LogP contribution in [0.25, 0.3) is 0 Å². The second-order valence-corrected chi connectivity index (χ2v) is 4.97. The first-order valence-corrected chi connectivity index (χ1v) is 6.66. The number of rotatable bonds is 5. The topological polar surface area (TPSA) is 56.5 Å². The molecule has 20 heavy (non-hydrogen) atoms. The SMILES string of the molecule is COc1ccc(C(O)c2cncn2C2CC2)c(OC)c1. The van der Waals surface area contributed by atoms with Crippen molar-refractivity contribution >= 4 is 0 Å². The van der Waals surface area contributed by atoms with Crippen molar-refractivity contribution in [1.29, 1.82) is 0 Å². The molecular formula is C15H18N2O3. The molecule has 0 aliphatic heterocycles. The summed E-state index contributed by atoms with van der Waals surface area (Å²) in [6.07, 6.45) is 5.05. The smallest absolute Gasteiger partial charge is 0.128 e. The molecule has 5 nitrogen and oxygen atoms in total. The van der Waals surface area contributed by atoms with E-state index in [1.807, 2.05) is 16.7 Å². The molecule has 1 aliphatic carbocycles. The maximum Gasteiger partial charge on any atom is 0.128 e. The summed E-state index contributed by atoms with van der Waals surface area (Å²) in [7, 11) is 3.19. The number of methoxy groups -OCH3 is 2. The van der Waals surface area contributed by atoms with Crippen molar-refractivity contribution in [3.8, 4) is 11.5 Å². The summed E-state index contributed by atoms with van der Waals surface area (Å²) in [5.41, 5.74) is 1.52. The van der Waals surface area contributed by atoms with Crippen LogP contribution in [0.5, 0.6) is 11.5 Å². The van der Waals surface area contributed by atoms with E-state index in [1.165, 1.54) is 0 Å². The minimum absolute atomic E-state index is 0.478. The first-order chi connectivity index (χ1) is 9.74. The molecule has 0 saturated heterocycles. The van der Waals surface area contributed by atoms with Gasteiger partial charge in [-0.2, -0.15) is 0 Å². The second kappa shape index (κ2) is 5.17. The van der Waals surface area contributed by atoms with Crippen LogP contribution in [0.15, 0.2) is 30.7 Å². The van der Waals surface area contributed by atoms with Gasteiger partial charge < -0.3 is 19.1 Å². The van der Waals surface area contributed by atoms with E-state index in [1.54, 1.807) is 32.8 Å². The Bertz CT molecular complexity index is 605. The Kier molecular flexibility index (Phi) is 3.36. The van der Waals surface area contributed by atoms with Crippen molar-refractivity contribution < 1.29 is 14.6 Å². The molecule has 0 spiro atoms. The molecule has 3 rings (SSSR count). The van der Waals surface area contributed by atoms with E-state index >= 15 is 0 Å². The zero-order valence-electron chi connectivity index (χ0n) is 11.6. The van der Waals surface area contributed by atoms with Gasteiger partial charge in [-0.1, -0.05) is 0 Å². The quantitative estimate of drug-likeness (QED) is 0.909. The Hall–Kier alpha value is -2.01. The average Bonchev–Trinajstić information content (AvgIpc) is 3.22. The number of hydrogen-bond acceptors (Lipinski definition) is 4. The lowest BCUT2D eigenvalue weighted by Gasteiger charge is -2.17. The predicted octanol–water partition coefficient (Wildman–Crippen LogP) is 2.32. The summed E-state index contributed by atoms with van der Waals surface area (Å²) in [6.45, 7) is 0. The number of ether oxygens (including phenoxy) is 2. The summed E-state index contributed by atoms with van der Waals surface area (Å²) in [5, 5.41) is 10.6. The Morgan fingerprint density at radius 1 is 1.30 bits per heavy atom. The minimum atomic E-state index is -0.751. The van der Waals surface area contributed by atoms with Gasteiger partial charge in [0.1, 0.15) is 17.6 Å². The van der Waals surface area contributed by atoms with Crippen molar-refractivity contribution in [2.45, 2.75) is 25.0 Å². The van der Waals surface area contributed by atoms with E-state index in [0.717, 1.165) is 24.1 Å². The van der Waals surface area contributed by atoms with Crippen LogP contribution in [0.3, 0.4) is 0 Å². The Morgan fingerprint density at radius 2 is 2.10 bits per heavy atom. The molecule has 1 fully saturated rings. The van der Waals surface area contributed by atoms with Crippen molar-refractivity contribution in [3.63, 3.8) is 0 Å². The third-order valence-corrected chi connectivity index (χ3v) is 3.65. The standard InChI is InChI=1S/C15H18N2O3/c1-19-11-5-6-12(14(7-11)20-2)15(18)13-8-16-9-17(13)10-3-4-10/h5-10,15,18H,3-4H2,1-2H3. The number of aromatic nitrogens is 2. The molecule has 1 saturated carbocycles. The first kappa shape index (κ1) is 13.0. The lowest BCUT2D eigenvalue weighted by molar-refractivity contribution is 0.204. The lowest BCUT2D eigenvalue weighted by Crippen LogP contribution is -2.08. The van der Waals surface area contributed by atoms with E-state index in [2.05, 4.69) is 4.98 Å². The van der Waals surface area contributed by atoms with Gasteiger partial charge in [0.15, 0.2) is 0 Å². The molecular weight excluding hydrogens is 256 g/mol. The van der Waals surface area contributed by atoms with Gasteiger partial charge in [-0.25, -0.2) is 4.98 Å². The van der Waals surface area contributed by atoms with E-state index < -0.39 is 6.10 Å². The Balaban J connectivity index is 1.97. The lowest BCUT2D eigenvalue weighted by atomic mass is 10.1. The maximum absolute atomic E-state index is 10.6. The van der Waals surface area contributed by atoms with Gasteiger partial charge >= 0.3 is 0 Å². The fourth-order valence-corrected chi connectivity index (χ4v) is 2.39. The van der Waals surface area contributed by atoms with Crippen LogP contribution < -0.4 is 9.47 Å². The van der Waals surface area contributed by atoms with E-state index in [0.29, 0.717) is 17.5 Å². The summed E-state index contributed by atoms with van der Waals surface area (Å²) in [6, 6.07) is 5.90. The van der Waals surface area contributed by atoms with E-state index in [4.69, 9.17) is 9.47 Å². The van der Waals surface area contributed by atoms with Gasteiger partial charge in [0.2, 0.25) is 0 Å². The van der Waals surface area contributed by atoms with Crippen LogP contribution in [0.4, 0.5) is 0 Å². The third-order valence-electron chi connectivity index (χ3n) is 3.65. The van der Waals surface area contributed by atoms with Gasteiger partial charge in [-0.3, -0.25) is 0 Å². The van der Waals surface area contributed by atoms with Crippen LogP contribution in [0, 0.1) is 0 Å². The van der Waals surface area contributed by atoms with Crippen LogP contribution in [0.1, 0.15) is 36.2 Å². The van der Waals surface area contributed by atoms with Crippen molar-refractivity contribution in [1.82, 2.24) is 9.55 Å². The van der Waals surface area contributed by atoms with Gasteiger partial charge in [-0.05, 0) is 25.0 Å². The minimum Gasteiger partial charge on any atom is -0.497 e. The Labute approximate surface area is 117 Å². The van der Waals surface area contributed by atoms with Crippen LogP contribution >= 0.6 is 0 Å². The molecule has 1 unspecified atom stereocenters. The summed E-state index contributed by atoms with van der Waals surface area (Å²) in [5.74, 6) is 1.31. The molecule has 1 N–H and O–H groups in total. The molecule has 0 bridgehead atoms. The van der Waals surface area contributed by atoms with E-state index in [9.17, 15) is 5.11 Å². The van der Waals surface area contributed by atoms with Crippen molar-refractivity contribution in [3.05, 3.63) is 42.0 Å². The Morgan fingerprint density at radius 3 is 2.75 bits per heavy atom. The van der Waals surface area contributed by atoms with Crippen molar-refractivity contribution in [2.24, 2.45) is 0 Å². The number of nitrogens with zero attached hydrogens (tertiary/aromatic N) is 2. The normalized spacial score (nSPS) is 15.9. The number of hydrogen-bond donors (Lipinski definition) is 1. The monoisotopic (exact) mass is 274 g/mol. The molecule has 106 valence electrons. The van der Waals surface area contributed by atoms with Gasteiger partial charge in [0.25, 0.3) is 0 Å². The van der Waals surface area contributed by atoms with Crippen molar-refractivity contribution in [2.75, 3.05) is 14.2 Å². The van der Waals surface area contributed by atoms with Gasteiger partial charge in [0.05, 0.1) is 32.4 Å². The van der Waals surface area contributed by atoms with E-state index in [-0.39, 0.29) is 0 Å². The van der Waals surface area contributed by atoms with Crippen LogP contribution in [-0.2, 0) is 0 Å². The molecule has 0 amide bonds. The maximum atomic E-state index is 10.6. The van der Waals surface area contributed by atoms with Gasteiger partial charge in [0, 0.05) is 17.7 Å². The summed E-state index contributed by atoms with van der Waals surface area (Å²) < 4.78 is 12.6. The van der Waals surface area contributed by atoms with Gasteiger partial charge in [-0.15, -0.1) is 0 Å². The molecule has 1 aromatic heterocycles. The fourth-order valence-electron chi connectivity index (χ4n) is 2.39. The molecule has 2 aromatic rings. The highest BCUT2D eigenvalue weighted by atomic mass is 16.5. The highest BCUT2D eigenvalue weighted by Gasteiger charge is 2.28. The molecule has 1 aromatic carbocycles. The zero-order chi connectivity index (χ0) is 14.1. The number of benzene rings is 1. The molecule has 1 heterocycles. The molecule has 1 atom stereocenters. The number of aliphatic hydroxyl groups excluding tert-OH is 1. The molecule has 1 aliphatic rings. The predicted molar refractivity (Wildman–Crippen MR) is 74.1 cm³/mol. The highest BCUT2D eigenvalue weighted by molar-refractivity contribution is 5.44. The zero-order valence-corrected chi connectivity index (χ0v) is 11.6. The number of aliphatic hydroxyl groups is 1. The van der Waals surface area contributed by atoms with Crippen LogP contribution in [0.2, 0.25) is 0 Å². The number of imidazole rings is 1. The first-order valence-electron chi connectivity index (χ1n) is 6.66. The fraction of sp³-hybridized carbons (Fsp3) is 0.400. The molecule has 0 radical (unpaired) electrons. The van der Waals surface area contributed by atoms with Crippen LogP contribution in [-0.4, -0.2) is 28.9 Å². The molecule has 5 heteroatoms. The summed E-state index contributed by atoms with van der Waals surface area (Å²) >= 11 is 0. The average molecular weight is 274 g/mol. The third kappa shape index (κ3) is 2.25. The summed E-state index contributed by atoms with van der Waals surface area (Å²) in [4.78, 5) is 4.16.